The fourth-order valence-electron chi connectivity index (χ4n) is 0.714. The van der Waals surface area contributed by atoms with Crippen molar-refractivity contribution >= 4 is 23.2 Å². The van der Waals surface area contributed by atoms with Crippen LogP contribution in [0.25, 0.3) is 0 Å². The molecule has 1 aliphatic rings. The molecule has 0 aromatic heterocycles. The van der Waals surface area contributed by atoms with Crippen LogP contribution in [-0.4, -0.2) is 10.9 Å². The summed E-state index contributed by atoms with van der Waals surface area (Å²) in [5.41, 5.74) is 8.40. The van der Waals surface area contributed by atoms with Crippen LogP contribution >= 0.6 is 12.2 Å². The summed E-state index contributed by atoms with van der Waals surface area (Å²) < 4.78 is 0. The first-order chi connectivity index (χ1) is 5.24. The van der Waals surface area contributed by atoms with Gasteiger partial charge in [0.05, 0.1) is 0 Å². The van der Waals surface area contributed by atoms with Crippen molar-refractivity contribution in [3.63, 3.8) is 0 Å². The molecule has 0 unspecified atom stereocenters. The number of thiocarbonyl (C=S) groups is 1. The van der Waals surface area contributed by atoms with E-state index in [1.165, 1.54) is 0 Å². The molecular formula is C6H12N4S. The van der Waals surface area contributed by atoms with E-state index in [4.69, 9.17) is 12.2 Å². The fourth-order valence-corrected chi connectivity index (χ4v) is 0.811. The van der Waals surface area contributed by atoms with Gasteiger partial charge in [-0.1, -0.05) is 13.8 Å². The van der Waals surface area contributed by atoms with Gasteiger partial charge in [0, 0.05) is 5.92 Å². The summed E-state index contributed by atoms with van der Waals surface area (Å²) in [4.78, 5) is 0. The predicted octanol–water partition coefficient (Wildman–Crippen LogP) is 0.328. The maximum Gasteiger partial charge on any atom is 0.205 e. The Labute approximate surface area is 71.4 Å². The molecule has 3 N–H and O–H groups in total. The molecule has 0 amide bonds. The minimum Gasteiger partial charge on any atom is -0.284 e. The highest BCUT2D eigenvalue weighted by atomic mass is 32.1. The van der Waals surface area contributed by atoms with Crippen LogP contribution in [0.4, 0.5) is 0 Å². The highest BCUT2D eigenvalue weighted by Gasteiger charge is 2.11. The molecule has 0 spiro atoms. The summed E-state index contributed by atoms with van der Waals surface area (Å²) in [6.07, 6.45) is 1.06. The van der Waals surface area contributed by atoms with Gasteiger partial charge in [-0.05, 0) is 18.6 Å². The average molecular weight is 172 g/mol. The first-order valence-corrected chi connectivity index (χ1v) is 4.04. The molecule has 4 nitrogen and oxygen atoms in total. The highest BCUT2D eigenvalue weighted by molar-refractivity contribution is 7.80. The normalized spacial score (nSPS) is 19.1. The van der Waals surface area contributed by atoms with E-state index >= 15 is 0 Å². The van der Waals surface area contributed by atoms with E-state index in [1.54, 1.807) is 0 Å². The van der Waals surface area contributed by atoms with Gasteiger partial charge in [-0.15, -0.1) is 0 Å². The van der Waals surface area contributed by atoms with Crippen LogP contribution in [-0.2, 0) is 0 Å². The van der Waals surface area contributed by atoms with Crippen LogP contribution in [0.15, 0.2) is 5.10 Å². The molecule has 5 heteroatoms. The lowest BCUT2D eigenvalue weighted by atomic mass is 10.1. The lowest BCUT2D eigenvalue weighted by Crippen LogP contribution is -2.52. The third-order valence-corrected chi connectivity index (χ3v) is 1.85. The molecule has 0 aromatic rings. The van der Waals surface area contributed by atoms with Gasteiger partial charge in [0.2, 0.25) is 5.11 Å². The topological polar surface area (TPSA) is 48.5 Å². The number of hydrazine groups is 1. The molecule has 1 atom stereocenters. The Hall–Kier alpha value is -0.840. The first kappa shape index (κ1) is 8.26. The molecule has 0 saturated carbocycles. The molecule has 0 radical (unpaired) electrons. The zero-order chi connectivity index (χ0) is 8.27. The SMILES string of the molecule is CC[C@H](C)C1=NNC(=S)NN1. The third-order valence-electron chi connectivity index (χ3n) is 1.66. The van der Waals surface area contributed by atoms with E-state index in [9.17, 15) is 0 Å². The van der Waals surface area contributed by atoms with Crippen molar-refractivity contribution in [2.75, 3.05) is 0 Å². The maximum absolute atomic E-state index is 4.79. The predicted molar refractivity (Wildman–Crippen MR) is 48.9 cm³/mol. The average Bonchev–Trinajstić information content (AvgIpc) is 2.05. The number of amidine groups is 1. The van der Waals surface area contributed by atoms with Gasteiger partial charge in [0.25, 0.3) is 0 Å². The van der Waals surface area contributed by atoms with Gasteiger partial charge in [0.15, 0.2) is 0 Å². The Balaban J connectivity index is 2.53. The zero-order valence-electron chi connectivity index (χ0n) is 6.64. The second-order valence-corrected chi connectivity index (χ2v) is 2.91. The van der Waals surface area contributed by atoms with Gasteiger partial charge in [0.1, 0.15) is 5.84 Å². The maximum atomic E-state index is 4.79. The number of hydrogen-bond donors (Lipinski definition) is 3. The Bertz CT molecular complexity index is 189. The summed E-state index contributed by atoms with van der Waals surface area (Å²) in [5, 5.41) is 4.54. The van der Waals surface area contributed by atoms with Crippen molar-refractivity contribution in [1.82, 2.24) is 16.3 Å². The monoisotopic (exact) mass is 172 g/mol. The molecule has 11 heavy (non-hydrogen) atoms. The third kappa shape index (κ3) is 2.04. The second kappa shape index (κ2) is 3.52. The van der Waals surface area contributed by atoms with Crippen molar-refractivity contribution in [2.45, 2.75) is 20.3 Å². The Morgan fingerprint density at radius 1 is 1.55 bits per heavy atom. The van der Waals surface area contributed by atoms with Crippen LogP contribution in [0.2, 0.25) is 0 Å². The molecule has 62 valence electrons. The molecular weight excluding hydrogens is 160 g/mol. The van der Waals surface area contributed by atoms with E-state index in [0.717, 1.165) is 12.3 Å². The van der Waals surface area contributed by atoms with Gasteiger partial charge >= 0.3 is 0 Å². The number of rotatable bonds is 2. The molecule has 0 fully saturated rings. The Morgan fingerprint density at radius 3 is 2.73 bits per heavy atom. The van der Waals surface area contributed by atoms with Gasteiger partial charge in [-0.2, -0.15) is 5.10 Å². The molecule has 1 rings (SSSR count). The molecule has 0 aliphatic carbocycles. The molecule has 0 aromatic carbocycles. The van der Waals surface area contributed by atoms with Gasteiger partial charge in [-0.25, -0.2) is 0 Å². The van der Waals surface area contributed by atoms with Gasteiger partial charge in [-0.3, -0.25) is 16.3 Å². The summed E-state index contributed by atoms with van der Waals surface area (Å²) in [6.45, 7) is 4.21. The van der Waals surface area contributed by atoms with Crippen molar-refractivity contribution < 1.29 is 0 Å². The van der Waals surface area contributed by atoms with Gasteiger partial charge < -0.3 is 0 Å². The van der Waals surface area contributed by atoms with Crippen molar-refractivity contribution in [3.05, 3.63) is 0 Å². The smallest absolute Gasteiger partial charge is 0.205 e. The first-order valence-electron chi connectivity index (χ1n) is 3.63. The van der Waals surface area contributed by atoms with Crippen molar-refractivity contribution in [1.29, 1.82) is 0 Å². The highest BCUT2D eigenvalue weighted by Crippen LogP contribution is 2.01. The zero-order valence-corrected chi connectivity index (χ0v) is 7.46. The van der Waals surface area contributed by atoms with E-state index in [2.05, 4.69) is 35.2 Å². The Kier molecular flexibility index (Phi) is 2.64. The standard InChI is InChI=1S/C6H12N4S/c1-3-4(2)5-7-9-6(11)10-8-5/h4H,3H2,1-2H3,(H,7,8)(H2,9,10,11)/t4-/m0/s1. The summed E-state index contributed by atoms with van der Waals surface area (Å²) in [5.74, 6) is 1.33. The van der Waals surface area contributed by atoms with Crippen molar-refractivity contribution in [2.24, 2.45) is 11.0 Å². The fraction of sp³-hybridized carbons (Fsp3) is 0.667. The number of hydrogen-bond acceptors (Lipinski definition) is 3. The largest absolute Gasteiger partial charge is 0.284 e. The van der Waals surface area contributed by atoms with Crippen LogP contribution in [0.5, 0.6) is 0 Å². The Morgan fingerprint density at radius 2 is 2.27 bits per heavy atom. The minimum atomic E-state index is 0.429. The summed E-state index contributed by atoms with van der Waals surface area (Å²) in [7, 11) is 0. The van der Waals surface area contributed by atoms with E-state index in [0.29, 0.717) is 11.0 Å². The number of nitrogens with zero attached hydrogens (tertiary/aromatic N) is 1. The van der Waals surface area contributed by atoms with E-state index in [-0.39, 0.29) is 0 Å². The van der Waals surface area contributed by atoms with Crippen LogP contribution in [0, 0.1) is 5.92 Å². The minimum absolute atomic E-state index is 0.429. The van der Waals surface area contributed by atoms with E-state index < -0.39 is 0 Å². The van der Waals surface area contributed by atoms with Crippen LogP contribution < -0.4 is 16.3 Å². The number of nitrogens with one attached hydrogen (secondary N) is 3. The van der Waals surface area contributed by atoms with Crippen LogP contribution in [0.1, 0.15) is 20.3 Å². The molecule has 1 aliphatic heterocycles. The quantitative estimate of drug-likeness (QED) is 0.525. The van der Waals surface area contributed by atoms with Crippen molar-refractivity contribution in [3.8, 4) is 0 Å². The van der Waals surface area contributed by atoms with Crippen LogP contribution in [0.3, 0.4) is 0 Å². The molecule has 0 saturated heterocycles. The van der Waals surface area contributed by atoms with E-state index in [1.807, 2.05) is 0 Å². The summed E-state index contributed by atoms with van der Waals surface area (Å²) in [6, 6.07) is 0. The lowest BCUT2D eigenvalue weighted by molar-refractivity contribution is 0.652. The molecule has 0 bridgehead atoms. The summed E-state index contributed by atoms with van der Waals surface area (Å²) >= 11 is 4.79. The molecule has 1 heterocycles. The number of hydrazone groups is 1. The second-order valence-electron chi connectivity index (χ2n) is 2.50. The lowest BCUT2D eigenvalue weighted by Gasteiger charge is -2.21.